The number of fused-ring (bicyclic) bond motifs is 1. The number of halogens is 1. The van der Waals surface area contributed by atoms with Crippen molar-refractivity contribution in [1.29, 1.82) is 0 Å². The number of nitrogens with zero attached hydrogens (tertiary/aromatic N) is 3. The average Bonchev–Trinajstić information content (AvgIpc) is 3.20. The van der Waals surface area contributed by atoms with Gasteiger partial charge in [0.1, 0.15) is 11.6 Å². The summed E-state index contributed by atoms with van der Waals surface area (Å²) in [5.41, 5.74) is 4.67. The average molecular weight is 377 g/mol. The SMILES string of the molecule is CN(CCCOc1ccc2c(c1)CCC2)c1ncc(-c2ccc(F)cc2)cn1. The molecule has 0 fully saturated rings. The summed E-state index contributed by atoms with van der Waals surface area (Å²) in [6, 6.07) is 12.8. The van der Waals surface area contributed by atoms with Crippen LogP contribution in [-0.4, -0.2) is 30.2 Å². The second kappa shape index (κ2) is 8.38. The maximum absolute atomic E-state index is 13.0. The van der Waals surface area contributed by atoms with Crippen LogP contribution < -0.4 is 9.64 Å². The fraction of sp³-hybridized carbons (Fsp3) is 0.304. The topological polar surface area (TPSA) is 38.2 Å². The lowest BCUT2D eigenvalue weighted by Crippen LogP contribution is -2.22. The quantitative estimate of drug-likeness (QED) is 0.561. The number of benzene rings is 2. The first kappa shape index (κ1) is 18.4. The number of ether oxygens (including phenoxy) is 1. The highest BCUT2D eigenvalue weighted by molar-refractivity contribution is 5.61. The third-order valence-electron chi connectivity index (χ3n) is 5.13. The minimum Gasteiger partial charge on any atom is -0.494 e. The van der Waals surface area contributed by atoms with E-state index in [9.17, 15) is 4.39 Å². The van der Waals surface area contributed by atoms with Gasteiger partial charge in [-0.1, -0.05) is 18.2 Å². The Morgan fingerprint density at radius 2 is 1.71 bits per heavy atom. The summed E-state index contributed by atoms with van der Waals surface area (Å²) in [6.45, 7) is 1.47. The van der Waals surface area contributed by atoms with Crippen LogP contribution in [0.3, 0.4) is 0 Å². The standard InChI is InChI=1S/C23H24FN3O/c1-27(12-3-13-28-22-11-8-17-4-2-5-19(17)14-22)23-25-15-20(16-26-23)18-6-9-21(24)10-7-18/h6-11,14-16H,2-5,12-13H2,1H3. The van der Waals surface area contributed by atoms with Crippen molar-refractivity contribution in [1.82, 2.24) is 9.97 Å². The van der Waals surface area contributed by atoms with Gasteiger partial charge in [-0.05, 0) is 66.6 Å². The Labute approximate surface area is 165 Å². The minimum atomic E-state index is -0.247. The molecule has 4 rings (SSSR count). The van der Waals surface area contributed by atoms with Gasteiger partial charge in [-0.2, -0.15) is 0 Å². The van der Waals surface area contributed by atoms with Gasteiger partial charge in [0, 0.05) is 31.5 Å². The van der Waals surface area contributed by atoms with Crippen LogP contribution in [0.2, 0.25) is 0 Å². The summed E-state index contributed by atoms with van der Waals surface area (Å²) in [5.74, 6) is 1.38. The van der Waals surface area contributed by atoms with Crippen molar-refractivity contribution in [3.8, 4) is 16.9 Å². The zero-order valence-electron chi connectivity index (χ0n) is 16.1. The highest BCUT2D eigenvalue weighted by Crippen LogP contribution is 2.26. The maximum Gasteiger partial charge on any atom is 0.225 e. The predicted octanol–water partition coefficient (Wildman–Crippen LogP) is 4.68. The van der Waals surface area contributed by atoms with E-state index in [1.165, 1.54) is 42.5 Å². The molecule has 0 atom stereocenters. The summed E-state index contributed by atoms with van der Waals surface area (Å²) in [4.78, 5) is 10.9. The molecule has 1 aromatic heterocycles. The van der Waals surface area contributed by atoms with E-state index in [2.05, 4.69) is 28.2 Å². The molecule has 5 heteroatoms. The lowest BCUT2D eigenvalue weighted by molar-refractivity contribution is 0.312. The molecule has 0 bridgehead atoms. The fourth-order valence-electron chi connectivity index (χ4n) is 3.54. The molecule has 0 aliphatic heterocycles. The van der Waals surface area contributed by atoms with E-state index >= 15 is 0 Å². The Kier molecular flexibility index (Phi) is 5.51. The summed E-state index contributed by atoms with van der Waals surface area (Å²) < 4.78 is 18.9. The highest BCUT2D eigenvalue weighted by Gasteiger charge is 2.11. The van der Waals surface area contributed by atoms with Crippen LogP contribution in [0.1, 0.15) is 24.0 Å². The third-order valence-corrected chi connectivity index (χ3v) is 5.13. The lowest BCUT2D eigenvalue weighted by atomic mass is 10.1. The number of aromatic nitrogens is 2. The molecule has 4 nitrogen and oxygen atoms in total. The Morgan fingerprint density at radius 3 is 2.50 bits per heavy atom. The van der Waals surface area contributed by atoms with E-state index in [0.717, 1.165) is 29.8 Å². The molecule has 28 heavy (non-hydrogen) atoms. The third kappa shape index (κ3) is 4.30. The number of hydrogen-bond donors (Lipinski definition) is 0. The molecule has 0 radical (unpaired) electrons. The predicted molar refractivity (Wildman–Crippen MR) is 109 cm³/mol. The van der Waals surface area contributed by atoms with Crippen molar-refractivity contribution in [3.05, 3.63) is 71.8 Å². The number of hydrogen-bond acceptors (Lipinski definition) is 4. The van der Waals surface area contributed by atoms with Gasteiger partial charge in [-0.3, -0.25) is 0 Å². The van der Waals surface area contributed by atoms with Crippen molar-refractivity contribution >= 4 is 5.95 Å². The van der Waals surface area contributed by atoms with Gasteiger partial charge in [-0.15, -0.1) is 0 Å². The molecule has 0 amide bonds. The lowest BCUT2D eigenvalue weighted by Gasteiger charge is -2.17. The van der Waals surface area contributed by atoms with E-state index in [0.29, 0.717) is 12.6 Å². The molecular formula is C23H24FN3O. The van der Waals surface area contributed by atoms with E-state index in [4.69, 9.17) is 4.74 Å². The van der Waals surface area contributed by atoms with Gasteiger partial charge in [0.2, 0.25) is 5.95 Å². The number of rotatable bonds is 7. The maximum atomic E-state index is 13.0. The van der Waals surface area contributed by atoms with E-state index in [-0.39, 0.29) is 5.82 Å². The van der Waals surface area contributed by atoms with Crippen molar-refractivity contribution in [3.63, 3.8) is 0 Å². The van der Waals surface area contributed by atoms with Crippen molar-refractivity contribution < 1.29 is 9.13 Å². The Bertz CT molecular complexity index is 926. The largest absolute Gasteiger partial charge is 0.494 e. The zero-order valence-corrected chi connectivity index (χ0v) is 16.1. The van der Waals surface area contributed by atoms with Crippen LogP contribution in [0.15, 0.2) is 54.9 Å². The fourth-order valence-corrected chi connectivity index (χ4v) is 3.54. The van der Waals surface area contributed by atoms with E-state index < -0.39 is 0 Å². The van der Waals surface area contributed by atoms with Gasteiger partial charge >= 0.3 is 0 Å². The van der Waals surface area contributed by atoms with Crippen LogP contribution in [0.25, 0.3) is 11.1 Å². The Balaban J connectivity index is 1.26. The first-order chi connectivity index (χ1) is 13.7. The Morgan fingerprint density at radius 1 is 0.964 bits per heavy atom. The Hall–Kier alpha value is -2.95. The molecule has 0 unspecified atom stereocenters. The molecule has 1 aliphatic carbocycles. The van der Waals surface area contributed by atoms with Gasteiger partial charge in [0.05, 0.1) is 6.61 Å². The summed E-state index contributed by atoms with van der Waals surface area (Å²) in [5, 5.41) is 0. The van der Waals surface area contributed by atoms with Gasteiger partial charge < -0.3 is 9.64 Å². The molecule has 144 valence electrons. The number of anilines is 1. The van der Waals surface area contributed by atoms with Crippen molar-refractivity contribution in [2.45, 2.75) is 25.7 Å². The minimum absolute atomic E-state index is 0.247. The van der Waals surface area contributed by atoms with Crippen LogP contribution in [-0.2, 0) is 12.8 Å². The molecule has 1 heterocycles. The highest BCUT2D eigenvalue weighted by atomic mass is 19.1. The van der Waals surface area contributed by atoms with E-state index in [1.54, 1.807) is 24.5 Å². The van der Waals surface area contributed by atoms with Gasteiger partial charge in [0.25, 0.3) is 0 Å². The van der Waals surface area contributed by atoms with Gasteiger partial charge in [-0.25, -0.2) is 14.4 Å². The molecule has 2 aromatic carbocycles. The molecule has 0 N–H and O–H groups in total. The van der Waals surface area contributed by atoms with Crippen LogP contribution in [0.5, 0.6) is 5.75 Å². The molecular weight excluding hydrogens is 353 g/mol. The normalized spacial score (nSPS) is 12.6. The van der Waals surface area contributed by atoms with Crippen LogP contribution >= 0.6 is 0 Å². The molecule has 1 aliphatic rings. The second-order valence-corrected chi connectivity index (χ2v) is 7.19. The summed E-state index contributed by atoms with van der Waals surface area (Å²) in [6.07, 6.45) is 8.04. The molecule has 0 saturated carbocycles. The van der Waals surface area contributed by atoms with Crippen LogP contribution in [0, 0.1) is 5.82 Å². The monoisotopic (exact) mass is 377 g/mol. The molecule has 0 saturated heterocycles. The molecule has 3 aromatic rings. The van der Waals surface area contributed by atoms with Crippen molar-refractivity contribution in [2.75, 3.05) is 25.1 Å². The summed E-state index contributed by atoms with van der Waals surface area (Å²) in [7, 11) is 1.97. The number of aryl methyl sites for hydroxylation is 2. The van der Waals surface area contributed by atoms with E-state index in [1.807, 2.05) is 11.9 Å². The van der Waals surface area contributed by atoms with Crippen molar-refractivity contribution in [2.24, 2.45) is 0 Å². The van der Waals surface area contributed by atoms with Gasteiger partial charge in [0.15, 0.2) is 0 Å². The smallest absolute Gasteiger partial charge is 0.225 e. The zero-order chi connectivity index (χ0) is 19.3. The second-order valence-electron chi connectivity index (χ2n) is 7.19. The first-order valence-electron chi connectivity index (χ1n) is 9.73. The van der Waals surface area contributed by atoms with Crippen LogP contribution in [0.4, 0.5) is 10.3 Å². The first-order valence-corrected chi connectivity index (χ1v) is 9.73. The molecule has 0 spiro atoms. The summed E-state index contributed by atoms with van der Waals surface area (Å²) >= 11 is 0.